The van der Waals surface area contributed by atoms with Crippen LogP contribution in [0.25, 0.3) is 0 Å². The highest BCUT2D eigenvalue weighted by Gasteiger charge is 2.39. The van der Waals surface area contributed by atoms with E-state index in [9.17, 15) is 8.42 Å². The third kappa shape index (κ3) is 2.54. The molecule has 18 heavy (non-hydrogen) atoms. The SMILES string of the molecule is Cc1[nH]ncc1S(=O)(=O)N1CCC(C)(CN)C1.Cl. The van der Waals surface area contributed by atoms with Gasteiger partial charge < -0.3 is 5.73 Å². The molecule has 0 saturated carbocycles. The molecular formula is C10H19ClN4O2S. The lowest BCUT2D eigenvalue weighted by Crippen LogP contribution is -2.34. The van der Waals surface area contributed by atoms with Crippen LogP contribution in [0, 0.1) is 12.3 Å². The maximum atomic E-state index is 12.3. The molecule has 1 aromatic heterocycles. The highest BCUT2D eigenvalue weighted by Crippen LogP contribution is 2.32. The van der Waals surface area contributed by atoms with Gasteiger partial charge in [0, 0.05) is 13.1 Å². The van der Waals surface area contributed by atoms with Gasteiger partial charge in [0.25, 0.3) is 0 Å². The normalized spacial score (nSPS) is 25.1. The van der Waals surface area contributed by atoms with E-state index in [4.69, 9.17) is 5.73 Å². The van der Waals surface area contributed by atoms with Gasteiger partial charge in [-0.25, -0.2) is 8.42 Å². The summed E-state index contributed by atoms with van der Waals surface area (Å²) >= 11 is 0. The lowest BCUT2D eigenvalue weighted by molar-refractivity contribution is 0.349. The number of sulfonamides is 1. The van der Waals surface area contributed by atoms with Crippen molar-refractivity contribution in [2.45, 2.75) is 25.2 Å². The monoisotopic (exact) mass is 294 g/mol. The van der Waals surface area contributed by atoms with Crippen molar-refractivity contribution in [2.75, 3.05) is 19.6 Å². The molecule has 0 aliphatic carbocycles. The van der Waals surface area contributed by atoms with Gasteiger partial charge in [-0.3, -0.25) is 5.10 Å². The summed E-state index contributed by atoms with van der Waals surface area (Å²) in [6.07, 6.45) is 2.17. The second-order valence-corrected chi connectivity index (χ2v) is 6.87. The van der Waals surface area contributed by atoms with E-state index in [0.29, 0.717) is 25.3 Å². The topological polar surface area (TPSA) is 92.1 Å². The smallest absolute Gasteiger partial charge is 0.246 e. The minimum atomic E-state index is -3.42. The molecule has 0 spiro atoms. The summed E-state index contributed by atoms with van der Waals surface area (Å²) < 4.78 is 26.2. The van der Waals surface area contributed by atoms with E-state index in [-0.39, 0.29) is 22.7 Å². The van der Waals surface area contributed by atoms with Gasteiger partial charge in [-0.15, -0.1) is 12.4 Å². The Morgan fingerprint density at radius 1 is 1.61 bits per heavy atom. The number of halogens is 1. The number of nitrogens with zero attached hydrogens (tertiary/aromatic N) is 2. The Bertz CT molecular complexity index is 516. The lowest BCUT2D eigenvalue weighted by Gasteiger charge is -2.22. The maximum absolute atomic E-state index is 12.3. The number of nitrogens with two attached hydrogens (primary N) is 1. The molecule has 1 fully saturated rings. The Kier molecular flexibility index (Phi) is 4.42. The minimum absolute atomic E-state index is 0. The first kappa shape index (κ1) is 15.4. The Hall–Kier alpha value is -0.630. The van der Waals surface area contributed by atoms with Gasteiger partial charge in [-0.1, -0.05) is 6.92 Å². The molecule has 1 aliphatic rings. The van der Waals surface area contributed by atoms with E-state index < -0.39 is 10.0 Å². The molecule has 1 saturated heterocycles. The van der Waals surface area contributed by atoms with E-state index in [1.165, 1.54) is 10.5 Å². The number of hydrogen-bond acceptors (Lipinski definition) is 4. The lowest BCUT2D eigenvalue weighted by atomic mass is 9.90. The van der Waals surface area contributed by atoms with Gasteiger partial charge in [0.05, 0.1) is 11.9 Å². The van der Waals surface area contributed by atoms with Crippen LogP contribution in [0.1, 0.15) is 19.0 Å². The summed E-state index contributed by atoms with van der Waals surface area (Å²) in [5.74, 6) is 0. The molecule has 1 aromatic rings. The number of aromatic amines is 1. The molecule has 0 bridgehead atoms. The number of aromatic nitrogens is 2. The number of H-pyrrole nitrogens is 1. The fourth-order valence-electron chi connectivity index (χ4n) is 2.09. The highest BCUT2D eigenvalue weighted by molar-refractivity contribution is 7.89. The summed E-state index contributed by atoms with van der Waals surface area (Å²) in [6.45, 7) is 5.24. The van der Waals surface area contributed by atoms with Gasteiger partial charge >= 0.3 is 0 Å². The second-order valence-electron chi connectivity index (χ2n) is 4.96. The first-order valence-electron chi connectivity index (χ1n) is 5.59. The molecule has 0 aromatic carbocycles. The van der Waals surface area contributed by atoms with E-state index >= 15 is 0 Å². The Morgan fingerprint density at radius 2 is 2.28 bits per heavy atom. The van der Waals surface area contributed by atoms with Crippen LogP contribution in [0.4, 0.5) is 0 Å². The Balaban J connectivity index is 0.00000162. The van der Waals surface area contributed by atoms with Crippen LogP contribution in [0.5, 0.6) is 0 Å². The maximum Gasteiger partial charge on any atom is 0.246 e. The molecule has 8 heteroatoms. The highest BCUT2D eigenvalue weighted by atomic mass is 35.5. The van der Waals surface area contributed by atoms with Gasteiger partial charge in [-0.05, 0) is 25.3 Å². The van der Waals surface area contributed by atoms with Gasteiger partial charge in [-0.2, -0.15) is 9.40 Å². The second kappa shape index (κ2) is 5.16. The van der Waals surface area contributed by atoms with Crippen molar-refractivity contribution >= 4 is 22.4 Å². The molecule has 2 rings (SSSR count). The number of hydrogen-bond donors (Lipinski definition) is 2. The van der Waals surface area contributed by atoms with E-state index in [1.807, 2.05) is 6.92 Å². The van der Waals surface area contributed by atoms with Gasteiger partial charge in [0.1, 0.15) is 4.90 Å². The van der Waals surface area contributed by atoms with Crippen molar-refractivity contribution in [2.24, 2.45) is 11.1 Å². The summed E-state index contributed by atoms with van der Waals surface area (Å²) in [4.78, 5) is 0.263. The van der Waals surface area contributed by atoms with Crippen molar-refractivity contribution in [3.63, 3.8) is 0 Å². The minimum Gasteiger partial charge on any atom is -0.330 e. The fraction of sp³-hybridized carbons (Fsp3) is 0.700. The molecule has 3 N–H and O–H groups in total. The zero-order valence-electron chi connectivity index (χ0n) is 10.5. The average molecular weight is 295 g/mol. The van der Waals surface area contributed by atoms with Crippen molar-refractivity contribution in [3.05, 3.63) is 11.9 Å². The average Bonchev–Trinajstić information content (AvgIpc) is 2.86. The number of aryl methyl sites for hydroxylation is 1. The molecule has 6 nitrogen and oxygen atoms in total. The number of rotatable bonds is 3. The van der Waals surface area contributed by atoms with Crippen LogP contribution in [-0.4, -0.2) is 42.6 Å². The summed E-state index contributed by atoms with van der Waals surface area (Å²) in [6, 6.07) is 0. The molecule has 0 amide bonds. The Labute approximate surface area is 113 Å². The number of nitrogens with one attached hydrogen (secondary N) is 1. The quantitative estimate of drug-likeness (QED) is 0.849. The van der Waals surface area contributed by atoms with Crippen LogP contribution in [0.2, 0.25) is 0 Å². The van der Waals surface area contributed by atoms with E-state index in [0.717, 1.165) is 6.42 Å². The van der Waals surface area contributed by atoms with Crippen LogP contribution < -0.4 is 5.73 Å². The summed E-state index contributed by atoms with van der Waals surface area (Å²) in [5, 5.41) is 6.41. The largest absolute Gasteiger partial charge is 0.330 e. The van der Waals surface area contributed by atoms with Crippen LogP contribution in [0.3, 0.4) is 0 Å². The molecular weight excluding hydrogens is 276 g/mol. The zero-order chi connectivity index (χ0) is 12.7. The van der Waals surface area contributed by atoms with Crippen molar-refractivity contribution in [1.82, 2.24) is 14.5 Å². The van der Waals surface area contributed by atoms with E-state index in [1.54, 1.807) is 6.92 Å². The molecule has 1 aliphatic heterocycles. The predicted molar refractivity (Wildman–Crippen MR) is 71.1 cm³/mol. The predicted octanol–water partition coefficient (Wildman–Crippen LogP) is 0.499. The summed E-state index contributed by atoms with van der Waals surface area (Å²) in [5.41, 5.74) is 6.15. The standard InChI is InChI=1S/C10H18N4O2S.ClH/c1-8-9(5-12-13-8)17(15,16)14-4-3-10(2,6-11)7-14;/h5H,3-4,6-7,11H2,1-2H3,(H,12,13);1H. The molecule has 1 atom stereocenters. The molecule has 104 valence electrons. The summed E-state index contributed by atoms with van der Waals surface area (Å²) in [7, 11) is -3.42. The van der Waals surface area contributed by atoms with Gasteiger partial charge in [0.15, 0.2) is 0 Å². The van der Waals surface area contributed by atoms with Gasteiger partial charge in [0.2, 0.25) is 10.0 Å². The molecule has 2 heterocycles. The van der Waals surface area contributed by atoms with Crippen molar-refractivity contribution in [1.29, 1.82) is 0 Å². The fourth-order valence-corrected chi connectivity index (χ4v) is 3.80. The first-order valence-corrected chi connectivity index (χ1v) is 7.03. The Morgan fingerprint density at radius 3 is 2.72 bits per heavy atom. The van der Waals surface area contributed by atoms with Crippen LogP contribution >= 0.6 is 12.4 Å². The van der Waals surface area contributed by atoms with Crippen molar-refractivity contribution in [3.8, 4) is 0 Å². The zero-order valence-corrected chi connectivity index (χ0v) is 12.1. The van der Waals surface area contributed by atoms with Crippen LogP contribution in [0.15, 0.2) is 11.1 Å². The molecule has 0 radical (unpaired) electrons. The first-order chi connectivity index (χ1) is 7.89. The third-order valence-corrected chi connectivity index (χ3v) is 5.38. The van der Waals surface area contributed by atoms with Crippen molar-refractivity contribution < 1.29 is 8.42 Å². The van der Waals surface area contributed by atoms with Crippen LogP contribution in [-0.2, 0) is 10.0 Å². The third-order valence-electron chi connectivity index (χ3n) is 3.42. The van der Waals surface area contributed by atoms with E-state index in [2.05, 4.69) is 10.2 Å². The molecule has 1 unspecified atom stereocenters.